The molecule has 0 spiro atoms. The van der Waals surface area contributed by atoms with Crippen molar-refractivity contribution in [2.75, 3.05) is 21.3 Å². The molecule has 0 atom stereocenters. The second kappa shape index (κ2) is 8.79. The van der Waals surface area contributed by atoms with Crippen molar-refractivity contribution in [3.05, 3.63) is 42.0 Å². The molecule has 4 aromatic rings. The van der Waals surface area contributed by atoms with Crippen molar-refractivity contribution in [3.8, 4) is 39.3 Å². The van der Waals surface area contributed by atoms with E-state index in [2.05, 4.69) is 9.36 Å². The highest BCUT2D eigenvalue weighted by atomic mass is 32.1. The Kier molecular flexibility index (Phi) is 5.88. The predicted molar refractivity (Wildman–Crippen MR) is 122 cm³/mol. The number of nitrogens with zero attached hydrogens (tertiary/aromatic N) is 3. The third-order valence-electron chi connectivity index (χ3n) is 5.06. The lowest BCUT2D eigenvalue weighted by Gasteiger charge is -2.12. The lowest BCUT2D eigenvalue weighted by Crippen LogP contribution is -2.11. The quantitative estimate of drug-likeness (QED) is 0.402. The number of hydrogen-bond donors (Lipinski definition) is 2. The smallest absolute Gasteiger partial charge is 0.323 e. The zero-order chi connectivity index (χ0) is 23.7. The minimum atomic E-state index is -1.02. The maximum absolute atomic E-state index is 11.6. The maximum Gasteiger partial charge on any atom is 0.323 e. The number of rotatable bonds is 8. The molecule has 0 aliphatic carbocycles. The minimum absolute atomic E-state index is 0.293. The SMILES string of the molecule is COc1cc(OC)c(-c2nsc(-c3cc4cc(C(N)=O)ccc4n3CC(=O)O)n2)c(OC)c1. The molecule has 11 heteroatoms. The van der Waals surface area contributed by atoms with E-state index in [1.165, 1.54) is 21.3 Å². The number of nitrogens with two attached hydrogens (primary N) is 1. The summed E-state index contributed by atoms with van der Waals surface area (Å²) >= 11 is 1.10. The van der Waals surface area contributed by atoms with Crippen LogP contribution in [-0.2, 0) is 11.3 Å². The molecule has 33 heavy (non-hydrogen) atoms. The molecule has 3 N–H and O–H groups in total. The molecule has 2 heterocycles. The number of ether oxygens (including phenoxy) is 3. The summed E-state index contributed by atoms with van der Waals surface area (Å²) in [6.45, 7) is -0.293. The van der Waals surface area contributed by atoms with Crippen molar-refractivity contribution < 1.29 is 28.9 Å². The summed E-state index contributed by atoms with van der Waals surface area (Å²) in [7, 11) is 4.58. The molecular formula is C22H20N4O6S. The fourth-order valence-electron chi connectivity index (χ4n) is 3.56. The molecule has 0 aliphatic heterocycles. The fraction of sp³-hybridized carbons (Fsp3) is 0.182. The number of aromatic nitrogens is 3. The number of amides is 1. The summed E-state index contributed by atoms with van der Waals surface area (Å²) in [5.74, 6) is 0.254. The van der Waals surface area contributed by atoms with Gasteiger partial charge in [0.1, 0.15) is 29.4 Å². The first kappa shape index (κ1) is 22.1. The molecule has 2 aromatic heterocycles. The van der Waals surface area contributed by atoms with Crippen LogP contribution in [-0.4, -0.2) is 52.2 Å². The number of hydrogen-bond acceptors (Lipinski definition) is 8. The Hall–Kier alpha value is -4.12. The third kappa shape index (κ3) is 4.05. The Balaban J connectivity index is 1.88. The van der Waals surface area contributed by atoms with Crippen molar-refractivity contribution in [1.29, 1.82) is 0 Å². The highest BCUT2D eigenvalue weighted by molar-refractivity contribution is 7.09. The van der Waals surface area contributed by atoms with E-state index in [1.807, 2.05) is 0 Å². The Morgan fingerprint density at radius 2 is 1.76 bits per heavy atom. The number of aliphatic carboxylic acids is 1. The monoisotopic (exact) mass is 468 g/mol. The van der Waals surface area contributed by atoms with E-state index < -0.39 is 11.9 Å². The van der Waals surface area contributed by atoms with Crippen molar-refractivity contribution in [3.63, 3.8) is 0 Å². The summed E-state index contributed by atoms with van der Waals surface area (Å²) in [6.07, 6.45) is 0. The molecule has 2 aromatic carbocycles. The molecule has 0 unspecified atom stereocenters. The Morgan fingerprint density at radius 3 is 2.33 bits per heavy atom. The summed E-state index contributed by atoms with van der Waals surface area (Å²) in [5.41, 5.74) is 7.44. The average Bonchev–Trinajstić information content (AvgIpc) is 3.42. The van der Waals surface area contributed by atoms with Gasteiger partial charge in [0, 0.05) is 28.6 Å². The van der Waals surface area contributed by atoms with Gasteiger partial charge in [-0.25, -0.2) is 4.98 Å². The van der Waals surface area contributed by atoms with E-state index in [1.54, 1.807) is 41.0 Å². The van der Waals surface area contributed by atoms with Gasteiger partial charge in [-0.1, -0.05) is 0 Å². The Labute approximate surface area is 192 Å². The number of carboxylic acids is 1. The molecule has 170 valence electrons. The molecule has 0 saturated carbocycles. The van der Waals surface area contributed by atoms with E-state index >= 15 is 0 Å². The van der Waals surface area contributed by atoms with Crippen LogP contribution in [0, 0.1) is 0 Å². The van der Waals surface area contributed by atoms with Gasteiger partial charge in [0.2, 0.25) is 5.91 Å². The summed E-state index contributed by atoms with van der Waals surface area (Å²) in [6, 6.07) is 10.0. The zero-order valence-electron chi connectivity index (χ0n) is 18.0. The fourth-order valence-corrected chi connectivity index (χ4v) is 4.26. The molecule has 0 aliphatic rings. The van der Waals surface area contributed by atoms with Crippen LogP contribution in [0.5, 0.6) is 17.2 Å². The molecule has 0 saturated heterocycles. The first-order valence-corrected chi connectivity index (χ1v) is 10.4. The molecule has 0 bridgehead atoms. The molecule has 0 fully saturated rings. The number of methoxy groups -OCH3 is 3. The maximum atomic E-state index is 11.6. The first-order valence-electron chi connectivity index (χ1n) is 9.65. The van der Waals surface area contributed by atoms with Gasteiger partial charge >= 0.3 is 5.97 Å². The number of benzene rings is 2. The van der Waals surface area contributed by atoms with Crippen LogP contribution in [0.1, 0.15) is 10.4 Å². The number of carbonyl (C=O) groups excluding carboxylic acids is 1. The molecule has 1 amide bonds. The Morgan fingerprint density at radius 1 is 1.06 bits per heavy atom. The van der Waals surface area contributed by atoms with Crippen molar-refractivity contribution in [1.82, 2.24) is 13.9 Å². The largest absolute Gasteiger partial charge is 0.496 e. The van der Waals surface area contributed by atoms with E-state index in [9.17, 15) is 14.7 Å². The van der Waals surface area contributed by atoms with Gasteiger partial charge in [0.25, 0.3) is 0 Å². The topological polar surface area (TPSA) is 139 Å². The second-order valence-electron chi connectivity index (χ2n) is 6.98. The number of primary amides is 1. The van der Waals surface area contributed by atoms with Gasteiger partial charge in [-0.15, -0.1) is 0 Å². The van der Waals surface area contributed by atoms with Gasteiger partial charge in [-0.3, -0.25) is 9.59 Å². The predicted octanol–water partition coefficient (Wildman–Crippen LogP) is 3.04. The number of carbonyl (C=O) groups is 2. The molecular weight excluding hydrogens is 448 g/mol. The normalized spacial score (nSPS) is 10.9. The van der Waals surface area contributed by atoms with E-state index in [0.29, 0.717) is 55.8 Å². The van der Waals surface area contributed by atoms with Crippen LogP contribution in [0.25, 0.3) is 33.0 Å². The number of fused-ring (bicyclic) bond motifs is 1. The number of carboxylic acid groups (broad SMARTS) is 1. The van der Waals surface area contributed by atoms with Gasteiger partial charge in [0.15, 0.2) is 10.8 Å². The Bertz CT molecular complexity index is 1350. The van der Waals surface area contributed by atoms with Crippen LogP contribution < -0.4 is 19.9 Å². The molecule has 4 rings (SSSR count). The van der Waals surface area contributed by atoms with Crippen molar-refractivity contribution in [2.45, 2.75) is 6.54 Å². The lowest BCUT2D eigenvalue weighted by atomic mass is 10.1. The van der Waals surface area contributed by atoms with Gasteiger partial charge in [-0.2, -0.15) is 4.37 Å². The summed E-state index contributed by atoms with van der Waals surface area (Å²) in [5, 5.41) is 10.6. The van der Waals surface area contributed by atoms with Crippen molar-refractivity contribution in [2.24, 2.45) is 5.73 Å². The second-order valence-corrected chi connectivity index (χ2v) is 7.73. The minimum Gasteiger partial charge on any atom is -0.496 e. The molecule has 0 radical (unpaired) electrons. The summed E-state index contributed by atoms with van der Waals surface area (Å²) in [4.78, 5) is 27.8. The van der Waals surface area contributed by atoms with Crippen LogP contribution in [0.2, 0.25) is 0 Å². The van der Waals surface area contributed by atoms with Gasteiger partial charge in [-0.05, 0) is 35.8 Å². The highest BCUT2D eigenvalue weighted by Gasteiger charge is 2.22. The van der Waals surface area contributed by atoms with Crippen LogP contribution in [0.4, 0.5) is 0 Å². The zero-order valence-corrected chi connectivity index (χ0v) is 18.8. The van der Waals surface area contributed by atoms with Crippen molar-refractivity contribution >= 4 is 34.3 Å². The third-order valence-corrected chi connectivity index (χ3v) is 5.80. The highest BCUT2D eigenvalue weighted by Crippen LogP contribution is 2.42. The van der Waals surface area contributed by atoms with Crippen LogP contribution in [0.3, 0.4) is 0 Å². The standard InChI is InChI=1S/C22H20N4O6S/c1-30-13-8-16(31-2)19(17(9-13)32-3)21-24-22(33-25-21)15-7-12-6-11(20(23)29)4-5-14(12)26(15)10-18(27)28/h4-9H,10H2,1-3H3,(H2,23,29)(H,27,28). The molecule has 10 nitrogen and oxygen atoms in total. The van der Waals surface area contributed by atoms with E-state index in [4.69, 9.17) is 19.9 Å². The van der Waals surface area contributed by atoms with Gasteiger partial charge < -0.3 is 29.6 Å². The van der Waals surface area contributed by atoms with Crippen LogP contribution in [0.15, 0.2) is 36.4 Å². The summed E-state index contributed by atoms with van der Waals surface area (Å²) < 4.78 is 22.4. The van der Waals surface area contributed by atoms with E-state index in [-0.39, 0.29) is 6.54 Å². The first-order chi connectivity index (χ1) is 15.9. The van der Waals surface area contributed by atoms with E-state index in [0.717, 1.165) is 11.5 Å². The van der Waals surface area contributed by atoms with Gasteiger partial charge in [0.05, 0.1) is 27.0 Å². The lowest BCUT2D eigenvalue weighted by molar-refractivity contribution is -0.137. The van der Waals surface area contributed by atoms with Crippen LogP contribution >= 0.6 is 11.5 Å². The average molecular weight is 468 g/mol.